The minimum absolute atomic E-state index is 0.192. The predicted molar refractivity (Wildman–Crippen MR) is 153 cm³/mol. The van der Waals surface area contributed by atoms with Crippen LogP contribution in [0.3, 0.4) is 0 Å². The van der Waals surface area contributed by atoms with E-state index in [0.29, 0.717) is 36.9 Å². The van der Waals surface area contributed by atoms with Crippen LogP contribution in [0, 0.1) is 0 Å². The molecule has 0 radical (unpaired) electrons. The number of nitrogens with zero attached hydrogens (tertiary/aromatic N) is 4. The normalized spacial score (nSPS) is 12.1. The molecule has 7 nitrogen and oxygen atoms in total. The number of aromatic nitrogens is 1. The lowest BCUT2D eigenvalue weighted by Gasteiger charge is -2.25. The van der Waals surface area contributed by atoms with Gasteiger partial charge in [-0.05, 0) is 62.0 Å². The number of rotatable bonds is 13. The van der Waals surface area contributed by atoms with E-state index < -0.39 is 10.0 Å². The Kier molecular flexibility index (Phi) is 10.4. The van der Waals surface area contributed by atoms with E-state index in [1.54, 1.807) is 17.0 Å². The van der Waals surface area contributed by atoms with E-state index in [1.807, 2.05) is 32.0 Å². The van der Waals surface area contributed by atoms with Gasteiger partial charge in [0.2, 0.25) is 10.0 Å². The Bertz CT molecular complexity index is 1260. The van der Waals surface area contributed by atoms with Crippen molar-refractivity contribution in [3.8, 4) is 0 Å². The summed E-state index contributed by atoms with van der Waals surface area (Å²) in [5.74, 6) is -0.192. The monoisotopic (exact) mass is 594 g/mol. The van der Waals surface area contributed by atoms with Crippen LogP contribution in [0.25, 0.3) is 10.2 Å². The van der Waals surface area contributed by atoms with Crippen molar-refractivity contribution in [2.75, 3.05) is 44.2 Å². The standard InChI is InChI=1S/C26H35BrN4O3S2/c1-5-9-16-30(8-4)36(33,34)22-13-10-20(11-14-22)25(32)31(18-17-29(6-2)7-3)26-28-23-15-12-21(27)19-24(23)35-26/h10-15,19H,5-9,16-18H2,1-4H3. The lowest BCUT2D eigenvalue weighted by Crippen LogP contribution is -2.39. The number of halogens is 1. The number of sulfonamides is 1. The van der Waals surface area contributed by atoms with Crippen LogP contribution in [0.15, 0.2) is 51.8 Å². The van der Waals surface area contributed by atoms with Gasteiger partial charge in [0.05, 0.1) is 15.1 Å². The second-order valence-electron chi connectivity index (χ2n) is 8.47. The topological polar surface area (TPSA) is 73.8 Å². The molecule has 0 spiro atoms. The first-order valence-electron chi connectivity index (χ1n) is 12.5. The smallest absolute Gasteiger partial charge is 0.260 e. The van der Waals surface area contributed by atoms with Crippen molar-refractivity contribution in [1.29, 1.82) is 0 Å². The van der Waals surface area contributed by atoms with E-state index in [2.05, 4.69) is 34.7 Å². The average Bonchev–Trinajstić information content (AvgIpc) is 3.29. The van der Waals surface area contributed by atoms with E-state index in [1.165, 1.54) is 27.8 Å². The molecule has 196 valence electrons. The molecule has 0 saturated heterocycles. The van der Waals surface area contributed by atoms with Crippen LogP contribution in [-0.4, -0.2) is 67.8 Å². The highest BCUT2D eigenvalue weighted by molar-refractivity contribution is 9.10. The fourth-order valence-electron chi connectivity index (χ4n) is 3.92. The zero-order valence-electron chi connectivity index (χ0n) is 21.4. The maximum absolute atomic E-state index is 13.7. The number of hydrogen-bond donors (Lipinski definition) is 0. The number of thiazole rings is 1. The molecule has 0 fully saturated rings. The molecule has 3 rings (SSSR count). The molecule has 0 aliphatic carbocycles. The molecule has 1 heterocycles. The van der Waals surface area contributed by atoms with E-state index in [-0.39, 0.29) is 10.8 Å². The predicted octanol–water partition coefficient (Wildman–Crippen LogP) is 5.86. The number of likely N-dealkylation sites (N-methyl/N-ethyl adjacent to an activating group) is 1. The molecule has 1 amide bonds. The lowest BCUT2D eigenvalue weighted by molar-refractivity contribution is 0.0983. The van der Waals surface area contributed by atoms with Crippen molar-refractivity contribution in [1.82, 2.24) is 14.2 Å². The Labute approximate surface area is 227 Å². The van der Waals surface area contributed by atoms with Crippen LogP contribution in [0.5, 0.6) is 0 Å². The summed E-state index contributed by atoms with van der Waals surface area (Å²) < 4.78 is 29.6. The number of fused-ring (bicyclic) bond motifs is 1. The van der Waals surface area contributed by atoms with E-state index in [0.717, 1.165) is 40.6 Å². The first kappa shape index (κ1) is 28.7. The number of carbonyl (C=O) groups excluding carboxylic acids is 1. The first-order valence-corrected chi connectivity index (χ1v) is 15.5. The van der Waals surface area contributed by atoms with Gasteiger partial charge in [0.25, 0.3) is 5.91 Å². The SMILES string of the molecule is CCCCN(CC)S(=O)(=O)c1ccc(C(=O)N(CCN(CC)CC)c2nc3ccc(Br)cc3s2)cc1. The molecule has 0 aliphatic heterocycles. The van der Waals surface area contributed by atoms with Crippen molar-refractivity contribution in [2.24, 2.45) is 0 Å². The summed E-state index contributed by atoms with van der Waals surface area (Å²) in [7, 11) is -3.60. The third-order valence-electron chi connectivity index (χ3n) is 6.20. The molecule has 0 bridgehead atoms. The Morgan fingerprint density at radius 2 is 1.64 bits per heavy atom. The molecule has 0 aliphatic rings. The van der Waals surface area contributed by atoms with Gasteiger partial charge in [-0.2, -0.15) is 4.31 Å². The molecule has 2 aromatic carbocycles. The number of anilines is 1. The van der Waals surface area contributed by atoms with Crippen molar-refractivity contribution in [3.63, 3.8) is 0 Å². The summed E-state index contributed by atoms with van der Waals surface area (Å²) in [6.45, 7) is 12.0. The fourth-order valence-corrected chi connectivity index (χ4v) is 6.95. The zero-order valence-corrected chi connectivity index (χ0v) is 24.6. The molecule has 0 N–H and O–H groups in total. The van der Waals surface area contributed by atoms with Crippen LogP contribution >= 0.6 is 27.3 Å². The van der Waals surface area contributed by atoms with Crippen LogP contribution in [-0.2, 0) is 10.0 Å². The van der Waals surface area contributed by atoms with Gasteiger partial charge in [-0.1, -0.05) is 61.4 Å². The highest BCUT2D eigenvalue weighted by Gasteiger charge is 2.25. The molecule has 1 aromatic heterocycles. The summed E-state index contributed by atoms with van der Waals surface area (Å²) in [6, 6.07) is 12.2. The number of unbranched alkanes of at least 4 members (excludes halogenated alkanes) is 1. The molecule has 0 atom stereocenters. The number of hydrogen-bond acceptors (Lipinski definition) is 6. The number of carbonyl (C=O) groups is 1. The second-order valence-corrected chi connectivity index (χ2v) is 12.3. The van der Waals surface area contributed by atoms with Gasteiger partial charge in [-0.15, -0.1) is 0 Å². The minimum Gasteiger partial charge on any atom is -0.302 e. The molecule has 0 saturated carbocycles. The van der Waals surface area contributed by atoms with Gasteiger partial charge in [-0.25, -0.2) is 13.4 Å². The Morgan fingerprint density at radius 3 is 2.25 bits per heavy atom. The summed E-state index contributed by atoms with van der Waals surface area (Å²) in [5, 5.41) is 0.633. The Morgan fingerprint density at radius 1 is 0.944 bits per heavy atom. The van der Waals surface area contributed by atoms with Crippen LogP contribution in [0.1, 0.15) is 50.9 Å². The van der Waals surface area contributed by atoms with E-state index in [9.17, 15) is 13.2 Å². The largest absolute Gasteiger partial charge is 0.302 e. The van der Waals surface area contributed by atoms with Crippen molar-refractivity contribution in [3.05, 3.63) is 52.5 Å². The molecule has 3 aromatic rings. The van der Waals surface area contributed by atoms with Gasteiger partial charge in [0, 0.05) is 36.2 Å². The quantitative estimate of drug-likeness (QED) is 0.248. The van der Waals surface area contributed by atoms with Crippen molar-refractivity contribution >= 4 is 58.5 Å². The molecular formula is C26H35BrN4O3S2. The van der Waals surface area contributed by atoms with Crippen molar-refractivity contribution < 1.29 is 13.2 Å². The van der Waals surface area contributed by atoms with Crippen LogP contribution < -0.4 is 4.90 Å². The van der Waals surface area contributed by atoms with Crippen LogP contribution in [0.2, 0.25) is 0 Å². The molecule has 10 heteroatoms. The highest BCUT2D eigenvalue weighted by Crippen LogP contribution is 2.32. The summed E-state index contributed by atoms with van der Waals surface area (Å²) >= 11 is 4.98. The minimum atomic E-state index is -3.60. The maximum atomic E-state index is 13.7. The lowest BCUT2D eigenvalue weighted by atomic mass is 10.2. The summed E-state index contributed by atoms with van der Waals surface area (Å²) in [6.07, 6.45) is 1.73. The fraction of sp³-hybridized carbons (Fsp3) is 0.462. The zero-order chi connectivity index (χ0) is 26.3. The first-order chi connectivity index (χ1) is 17.2. The Hall–Kier alpha value is -1.85. The number of amides is 1. The third-order valence-corrected chi connectivity index (χ3v) is 9.73. The summed E-state index contributed by atoms with van der Waals surface area (Å²) in [4.78, 5) is 22.6. The Balaban J connectivity index is 1.91. The number of benzene rings is 2. The van der Waals surface area contributed by atoms with Gasteiger partial charge in [0.15, 0.2) is 5.13 Å². The molecule has 36 heavy (non-hydrogen) atoms. The van der Waals surface area contributed by atoms with Gasteiger partial charge in [0.1, 0.15) is 0 Å². The van der Waals surface area contributed by atoms with Crippen molar-refractivity contribution in [2.45, 2.75) is 45.4 Å². The highest BCUT2D eigenvalue weighted by atomic mass is 79.9. The average molecular weight is 596 g/mol. The molecule has 0 unspecified atom stereocenters. The van der Waals surface area contributed by atoms with Gasteiger partial charge in [-0.3, -0.25) is 9.69 Å². The third kappa shape index (κ3) is 6.72. The maximum Gasteiger partial charge on any atom is 0.260 e. The second kappa shape index (κ2) is 13.1. The summed E-state index contributed by atoms with van der Waals surface area (Å²) in [5.41, 5.74) is 1.28. The van der Waals surface area contributed by atoms with E-state index in [4.69, 9.17) is 4.98 Å². The van der Waals surface area contributed by atoms with Gasteiger partial charge < -0.3 is 4.90 Å². The van der Waals surface area contributed by atoms with Crippen LogP contribution in [0.4, 0.5) is 5.13 Å². The van der Waals surface area contributed by atoms with E-state index >= 15 is 0 Å². The molecular weight excluding hydrogens is 560 g/mol. The van der Waals surface area contributed by atoms with Gasteiger partial charge >= 0.3 is 0 Å².